The first-order valence-corrected chi connectivity index (χ1v) is 6.23. The fourth-order valence-corrected chi connectivity index (χ4v) is 2.77. The highest BCUT2D eigenvalue weighted by Crippen LogP contribution is 2.37. The van der Waals surface area contributed by atoms with E-state index in [2.05, 4.69) is 5.32 Å². The lowest BCUT2D eigenvalue weighted by Crippen LogP contribution is -2.43. The third kappa shape index (κ3) is 2.35. The van der Waals surface area contributed by atoms with Gasteiger partial charge in [0.05, 0.1) is 12.5 Å². The number of nitrogens with zero attached hydrogens (tertiary/aromatic N) is 1. The highest BCUT2D eigenvalue weighted by atomic mass is 16.3. The number of aliphatic hydroxyl groups is 1. The highest BCUT2D eigenvalue weighted by molar-refractivity contribution is 6.05. The summed E-state index contributed by atoms with van der Waals surface area (Å²) < 4.78 is 0. The zero-order valence-electron chi connectivity index (χ0n) is 10.2. The van der Waals surface area contributed by atoms with E-state index in [0.29, 0.717) is 6.54 Å². The maximum absolute atomic E-state index is 11.7. The molecule has 5 nitrogen and oxygen atoms in total. The van der Waals surface area contributed by atoms with Gasteiger partial charge in [-0.2, -0.15) is 0 Å². The molecular formula is C12H20N2O3. The van der Waals surface area contributed by atoms with Crippen LogP contribution in [0.5, 0.6) is 0 Å². The van der Waals surface area contributed by atoms with Gasteiger partial charge in [-0.15, -0.1) is 0 Å². The summed E-state index contributed by atoms with van der Waals surface area (Å²) in [6, 6.07) is -0.392. The second-order valence-electron chi connectivity index (χ2n) is 5.29. The van der Waals surface area contributed by atoms with E-state index in [1.807, 2.05) is 0 Å². The Bertz CT molecular complexity index is 324. The zero-order chi connectivity index (χ0) is 12.5. The van der Waals surface area contributed by atoms with Gasteiger partial charge in [0, 0.05) is 25.6 Å². The normalized spacial score (nSPS) is 28.1. The number of nitrogens with one attached hydrogen (secondary N) is 1. The number of amides is 2. The van der Waals surface area contributed by atoms with Crippen molar-refractivity contribution >= 4 is 11.8 Å². The van der Waals surface area contributed by atoms with Crippen LogP contribution in [0.2, 0.25) is 0 Å². The van der Waals surface area contributed by atoms with Gasteiger partial charge in [-0.05, 0) is 12.8 Å². The van der Waals surface area contributed by atoms with Gasteiger partial charge in [0.15, 0.2) is 0 Å². The molecule has 2 N–H and O–H groups in total. The molecule has 2 amide bonds. The largest absolute Gasteiger partial charge is 0.396 e. The second-order valence-corrected chi connectivity index (χ2v) is 5.29. The molecule has 1 aliphatic heterocycles. The van der Waals surface area contributed by atoms with Crippen molar-refractivity contribution in [3.8, 4) is 0 Å². The molecule has 5 heteroatoms. The predicted octanol–water partition coefficient (Wildman–Crippen LogP) is -0.114. The monoisotopic (exact) mass is 240 g/mol. The predicted molar refractivity (Wildman–Crippen MR) is 62.2 cm³/mol. The van der Waals surface area contributed by atoms with Gasteiger partial charge in [0.25, 0.3) is 0 Å². The van der Waals surface area contributed by atoms with Crippen molar-refractivity contribution in [2.24, 2.45) is 5.41 Å². The van der Waals surface area contributed by atoms with Gasteiger partial charge in [0.1, 0.15) is 0 Å². The summed E-state index contributed by atoms with van der Waals surface area (Å²) in [5.74, 6) is -0.280. The van der Waals surface area contributed by atoms with E-state index in [9.17, 15) is 14.7 Å². The average Bonchev–Trinajstić information content (AvgIpc) is 2.89. The van der Waals surface area contributed by atoms with E-state index in [1.54, 1.807) is 0 Å². The Labute approximate surface area is 101 Å². The Morgan fingerprint density at radius 2 is 2.06 bits per heavy atom. The Morgan fingerprint density at radius 1 is 1.41 bits per heavy atom. The van der Waals surface area contributed by atoms with Crippen LogP contribution in [0.3, 0.4) is 0 Å². The molecule has 0 aromatic heterocycles. The van der Waals surface area contributed by atoms with E-state index in [4.69, 9.17) is 0 Å². The van der Waals surface area contributed by atoms with Gasteiger partial charge >= 0.3 is 0 Å². The maximum Gasteiger partial charge on any atom is 0.246 e. The van der Waals surface area contributed by atoms with Crippen molar-refractivity contribution in [3.63, 3.8) is 0 Å². The van der Waals surface area contributed by atoms with Crippen LogP contribution in [0, 0.1) is 5.41 Å². The molecule has 2 rings (SSSR count). The quantitative estimate of drug-likeness (QED) is 0.673. The number of imide groups is 1. The van der Waals surface area contributed by atoms with Crippen LogP contribution in [0.4, 0.5) is 0 Å². The summed E-state index contributed by atoms with van der Waals surface area (Å²) in [6.07, 6.45) is 4.53. The molecule has 0 spiro atoms. The van der Waals surface area contributed by atoms with Gasteiger partial charge < -0.3 is 10.4 Å². The van der Waals surface area contributed by atoms with Crippen LogP contribution in [0.1, 0.15) is 32.1 Å². The van der Waals surface area contributed by atoms with Crippen molar-refractivity contribution in [2.45, 2.75) is 38.1 Å². The second kappa shape index (κ2) is 4.74. The molecule has 0 aromatic rings. The fraction of sp³-hybridized carbons (Fsp3) is 0.833. The molecule has 0 radical (unpaired) electrons. The number of rotatable bonds is 4. The van der Waals surface area contributed by atoms with Crippen molar-refractivity contribution in [1.82, 2.24) is 10.2 Å². The summed E-state index contributed by atoms with van der Waals surface area (Å²) in [5, 5.41) is 12.6. The Kier molecular flexibility index (Phi) is 3.49. The van der Waals surface area contributed by atoms with E-state index in [1.165, 1.54) is 11.9 Å². The molecule has 1 saturated carbocycles. The fourth-order valence-electron chi connectivity index (χ4n) is 2.77. The number of hydrogen-bond donors (Lipinski definition) is 2. The van der Waals surface area contributed by atoms with Crippen LogP contribution >= 0.6 is 0 Å². The molecule has 0 aromatic carbocycles. The maximum atomic E-state index is 11.7. The van der Waals surface area contributed by atoms with E-state index in [0.717, 1.165) is 25.7 Å². The molecule has 1 unspecified atom stereocenters. The third-order valence-corrected chi connectivity index (χ3v) is 4.10. The number of carbonyl (C=O) groups excluding carboxylic acids is 2. The van der Waals surface area contributed by atoms with E-state index < -0.39 is 6.04 Å². The van der Waals surface area contributed by atoms with Crippen molar-refractivity contribution < 1.29 is 14.7 Å². The standard InChI is InChI=1S/C12H20N2O3/c1-14-10(16)6-9(11(14)17)13-7-12(8-15)4-2-3-5-12/h9,13,15H,2-8H2,1H3. The SMILES string of the molecule is CN1C(=O)CC(NCC2(CO)CCCC2)C1=O. The third-order valence-electron chi connectivity index (χ3n) is 4.10. The van der Waals surface area contributed by atoms with Gasteiger partial charge in [-0.3, -0.25) is 14.5 Å². The minimum Gasteiger partial charge on any atom is -0.396 e. The summed E-state index contributed by atoms with van der Waals surface area (Å²) in [5.41, 5.74) is -0.0789. The Morgan fingerprint density at radius 3 is 2.53 bits per heavy atom. The molecule has 2 aliphatic rings. The first-order valence-electron chi connectivity index (χ1n) is 6.23. The molecule has 1 heterocycles. The summed E-state index contributed by atoms with van der Waals surface area (Å²) in [6.45, 7) is 0.783. The summed E-state index contributed by atoms with van der Waals surface area (Å²) >= 11 is 0. The minimum atomic E-state index is -0.392. The lowest BCUT2D eigenvalue weighted by atomic mass is 9.87. The van der Waals surface area contributed by atoms with Gasteiger partial charge in [0.2, 0.25) is 11.8 Å². The number of hydrogen-bond acceptors (Lipinski definition) is 4. The van der Waals surface area contributed by atoms with Crippen LogP contribution < -0.4 is 5.32 Å². The molecule has 1 aliphatic carbocycles. The topological polar surface area (TPSA) is 69.6 Å². The first-order chi connectivity index (χ1) is 8.08. The lowest BCUT2D eigenvalue weighted by Gasteiger charge is -2.28. The highest BCUT2D eigenvalue weighted by Gasteiger charge is 2.39. The molecule has 2 fully saturated rings. The minimum absolute atomic E-state index is 0.0789. The average molecular weight is 240 g/mol. The molecule has 17 heavy (non-hydrogen) atoms. The zero-order valence-corrected chi connectivity index (χ0v) is 10.2. The number of likely N-dealkylation sites (tertiary alicyclic amines) is 1. The van der Waals surface area contributed by atoms with Crippen molar-refractivity contribution in [3.05, 3.63) is 0 Å². The van der Waals surface area contributed by atoms with E-state index >= 15 is 0 Å². The Balaban J connectivity index is 1.90. The van der Waals surface area contributed by atoms with Gasteiger partial charge in [-0.1, -0.05) is 12.8 Å². The van der Waals surface area contributed by atoms with Gasteiger partial charge in [-0.25, -0.2) is 0 Å². The summed E-state index contributed by atoms with van der Waals surface area (Å²) in [7, 11) is 1.52. The number of carbonyl (C=O) groups is 2. The molecule has 1 saturated heterocycles. The first kappa shape index (κ1) is 12.5. The smallest absolute Gasteiger partial charge is 0.246 e. The van der Waals surface area contributed by atoms with Crippen LogP contribution in [0.25, 0.3) is 0 Å². The molecule has 0 bridgehead atoms. The van der Waals surface area contributed by atoms with Crippen LogP contribution in [-0.4, -0.2) is 48.1 Å². The summed E-state index contributed by atoms with van der Waals surface area (Å²) in [4.78, 5) is 24.2. The molecule has 1 atom stereocenters. The van der Waals surface area contributed by atoms with E-state index in [-0.39, 0.29) is 30.3 Å². The van der Waals surface area contributed by atoms with Crippen LogP contribution in [-0.2, 0) is 9.59 Å². The van der Waals surface area contributed by atoms with Crippen molar-refractivity contribution in [2.75, 3.05) is 20.2 Å². The van der Waals surface area contributed by atoms with Crippen molar-refractivity contribution in [1.29, 1.82) is 0 Å². The van der Waals surface area contributed by atoms with Crippen LogP contribution in [0.15, 0.2) is 0 Å². The number of likely N-dealkylation sites (N-methyl/N-ethyl adjacent to an activating group) is 1. The molecular weight excluding hydrogens is 220 g/mol. The Hall–Kier alpha value is -0.940. The lowest BCUT2D eigenvalue weighted by molar-refractivity contribution is -0.137. The number of aliphatic hydroxyl groups excluding tert-OH is 1. The molecule has 96 valence electrons.